The third kappa shape index (κ3) is 2.22. The second-order valence-corrected chi connectivity index (χ2v) is 4.37. The molecule has 2 aliphatic rings. The Bertz CT molecular complexity index is 569. The molecule has 2 heterocycles. The first-order valence-corrected chi connectivity index (χ1v) is 5.96. The summed E-state index contributed by atoms with van der Waals surface area (Å²) < 4.78 is 0. The number of anilines is 1. The van der Waals surface area contributed by atoms with Crippen molar-refractivity contribution >= 4 is 11.7 Å². The number of benzene rings is 1. The van der Waals surface area contributed by atoms with Crippen molar-refractivity contribution in [1.82, 2.24) is 10.4 Å². The number of carbonyl (C=O) groups is 1. The van der Waals surface area contributed by atoms with E-state index in [1.165, 1.54) is 0 Å². The lowest BCUT2D eigenvalue weighted by molar-refractivity contribution is -0.137. The highest BCUT2D eigenvalue weighted by Gasteiger charge is 2.24. The fraction of sp³-hybridized carbons (Fsp3) is 0.250. The van der Waals surface area contributed by atoms with Crippen molar-refractivity contribution in [1.29, 1.82) is 0 Å². The van der Waals surface area contributed by atoms with Crippen LogP contribution in [-0.4, -0.2) is 22.5 Å². The van der Waals surface area contributed by atoms with E-state index in [0.29, 0.717) is 18.9 Å². The van der Waals surface area contributed by atoms with Crippen LogP contribution in [0.5, 0.6) is 0 Å². The van der Waals surface area contributed by atoms with Crippen LogP contribution in [0.25, 0.3) is 0 Å². The molecule has 2 N–H and O–H groups in total. The highest BCUT2D eigenvalue weighted by molar-refractivity contribution is 5.67. The van der Waals surface area contributed by atoms with Crippen molar-refractivity contribution in [2.45, 2.75) is 13.0 Å². The Morgan fingerprint density at radius 2 is 2.26 bits per heavy atom. The lowest BCUT2D eigenvalue weighted by atomic mass is 10.1. The van der Waals surface area contributed by atoms with Gasteiger partial charge in [0, 0.05) is 19.3 Å². The molecule has 0 saturated heterocycles. The molecule has 0 aliphatic carbocycles. The standard InChI is InChI=1S/C12H13N5O2/c18-12(19)5-6-16-7-9-3-1-2-4-10(9)17-11(8-16)13-14-15-17/h1-4,8H,5-7H2,(H,13,15)(H,18,19). The quantitative estimate of drug-likeness (QED) is 0.859. The number of aliphatic carboxylic acids is 1. The van der Waals surface area contributed by atoms with Crippen molar-refractivity contribution in [3.63, 3.8) is 0 Å². The number of carboxylic acid groups (broad SMARTS) is 1. The first-order chi connectivity index (χ1) is 9.24. The van der Waals surface area contributed by atoms with E-state index in [0.717, 1.165) is 11.3 Å². The second-order valence-electron chi connectivity index (χ2n) is 4.37. The van der Waals surface area contributed by atoms with Crippen molar-refractivity contribution in [2.24, 2.45) is 10.3 Å². The van der Waals surface area contributed by atoms with Gasteiger partial charge in [-0.15, -0.1) is 5.11 Å². The SMILES string of the molecule is O=C(O)CCN1C=C2N=NNN2c2ccccc2C1. The largest absolute Gasteiger partial charge is 0.481 e. The molecular formula is C12H13N5O2. The van der Waals surface area contributed by atoms with E-state index in [-0.39, 0.29) is 6.42 Å². The van der Waals surface area contributed by atoms with Crippen LogP contribution in [0.15, 0.2) is 46.6 Å². The van der Waals surface area contributed by atoms with Gasteiger partial charge in [0.1, 0.15) is 0 Å². The minimum Gasteiger partial charge on any atom is -0.481 e. The Hall–Kier alpha value is -2.57. The van der Waals surface area contributed by atoms with Gasteiger partial charge in [-0.2, -0.15) is 5.53 Å². The normalized spacial score (nSPS) is 16.3. The summed E-state index contributed by atoms with van der Waals surface area (Å²) in [5, 5.41) is 18.4. The molecule has 7 heteroatoms. The van der Waals surface area contributed by atoms with Gasteiger partial charge in [-0.1, -0.05) is 23.4 Å². The maximum atomic E-state index is 10.7. The van der Waals surface area contributed by atoms with Gasteiger partial charge >= 0.3 is 5.97 Å². The number of fused-ring (bicyclic) bond motifs is 3. The lowest BCUT2D eigenvalue weighted by Crippen LogP contribution is -2.28. The molecule has 0 spiro atoms. The van der Waals surface area contributed by atoms with Crippen LogP contribution in [0.2, 0.25) is 0 Å². The molecule has 19 heavy (non-hydrogen) atoms. The Kier molecular flexibility index (Phi) is 2.79. The zero-order chi connectivity index (χ0) is 13.2. The molecule has 3 rings (SSSR count). The fourth-order valence-corrected chi connectivity index (χ4v) is 2.15. The van der Waals surface area contributed by atoms with Crippen LogP contribution in [-0.2, 0) is 11.3 Å². The summed E-state index contributed by atoms with van der Waals surface area (Å²) in [7, 11) is 0. The van der Waals surface area contributed by atoms with E-state index in [9.17, 15) is 4.79 Å². The van der Waals surface area contributed by atoms with E-state index < -0.39 is 5.97 Å². The Balaban J connectivity index is 1.91. The maximum Gasteiger partial charge on any atom is 0.305 e. The second kappa shape index (κ2) is 4.60. The first-order valence-electron chi connectivity index (χ1n) is 5.96. The molecule has 0 radical (unpaired) electrons. The number of hydrogen-bond donors (Lipinski definition) is 2. The molecule has 7 nitrogen and oxygen atoms in total. The molecule has 0 aromatic heterocycles. The highest BCUT2D eigenvalue weighted by Crippen LogP contribution is 2.30. The third-order valence-electron chi connectivity index (χ3n) is 3.04. The van der Waals surface area contributed by atoms with Crippen LogP contribution in [0.3, 0.4) is 0 Å². The number of nitrogens with zero attached hydrogens (tertiary/aromatic N) is 4. The van der Waals surface area contributed by atoms with Crippen molar-refractivity contribution < 1.29 is 9.90 Å². The van der Waals surface area contributed by atoms with E-state index in [4.69, 9.17) is 5.11 Å². The Morgan fingerprint density at radius 1 is 1.42 bits per heavy atom. The first kappa shape index (κ1) is 11.5. The maximum absolute atomic E-state index is 10.7. The van der Waals surface area contributed by atoms with Gasteiger partial charge in [0.2, 0.25) is 0 Å². The molecule has 2 aliphatic heterocycles. The molecule has 98 valence electrons. The average Bonchev–Trinajstić information content (AvgIpc) is 2.79. The summed E-state index contributed by atoms with van der Waals surface area (Å²) in [5.41, 5.74) is 4.90. The smallest absolute Gasteiger partial charge is 0.305 e. The predicted octanol–water partition coefficient (Wildman–Crippen LogP) is 1.47. The van der Waals surface area contributed by atoms with Gasteiger partial charge in [0.15, 0.2) is 5.82 Å². The number of hydrazine groups is 1. The van der Waals surface area contributed by atoms with Gasteiger partial charge in [-0.25, -0.2) is 5.01 Å². The Labute approximate surface area is 109 Å². The number of rotatable bonds is 3. The molecule has 1 aromatic rings. The number of hydrogen-bond acceptors (Lipinski definition) is 6. The molecule has 0 atom stereocenters. The molecule has 0 unspecified atom stereocenters. The van der Waals surface area contributed by atoms with Crippen LogP contribution < -0.4 is 10.5 Å². The fourth-order valence-electron chi connectivity index (χ4n) is 2.15. The minimum absolute atomic E-state index is 0.0938. The van der Waals surface area contributed by atoms with Gasteiger partial charge in [0.05, 0.1) is 12.1 Å². The number of carboxylic acids is 1. The summed E-state index contributed by atoms with van der Waals surface area (Å²) in [6, 6.07) is 7.90. The van der Waals surface area contributed by atoms with Gasteiger partial charge < -0.3 is 10.0 Å². The van der Waals surface area contributed by atoms with Gasteiger partial charge in [0.25, 0.3) is 0 Å². The highest BCUT2D eigenvalue weighted by atomic mass is 16.4. The minimum atomic E-state index is -0.807. The lowest BCUT2D eigenvalue weighted by Gasteiger charge is -2.18. The van der Waals surface area contributed by atoms with Crippen molar-refractivity contribution in [3.05, 3.63) is 41.8 Å². The summed E-state index contributed by atoms with van der Waals surface area (Å²) >= 11 is 0. The average molecular weight is 259 g/mol. The molecule has 1 aromatic carbocycles. The van der Waals surface area contributed by atoms with E-state index in [1.807, 2.05) is 35.4 Å². The van der Waals surface area contributed by atoms with Crippen LogP contribution in [0.4, 0.5) is 5.69 Å². The molecule has 0 amide bonds. The summed E-state index contributed by atoms with van der Waals surface area (Å²) in [6.07, 6.45) is 1.92. The van der Waals surface area contributed by atoms with Crippen molar-refractivity contribution in [3.8, 4) is 0 Å². The molecule has 0 fully saturated rings. The van der Waals surface area contributed by atoms with E-state index in [1.54, 1.807) is 5.01 Å². The summed E-state index contributed by atoms with van der Waals surface area (Å²) in [4.78, 5) is 12.6. The van der Waals surface area contributed by atoms with Crippen molar-refractivity contribution in [2.75, 3.05) is 11.6 Å². The summed E-state index contributed by atoms with van der Waals surface area (Å²) in [6.45, 7) is 1.09. The van der Waals surface area contributed by atoms with E-state index >= 15 is 0 Å². The van der Waals surface area contributed by atoms with Crippen LogP contribution >= 0.6 is 0 Å². The topological polar surface area (TPSA) is 80.5 Å². The summed E-state index contributed by atoms with van der Waals surface area (Å²) in [5.74, 6) is -0.144. The number of para-hydroxylation sites is 1. The predicted molar refractivity (Wildman–Crippen MR) is 67.7 cm³/mol. The van der Waals surface area contributed by atoms with Crippen LogP contribution in [0.1, 0.15) is 12.0 Å². The third-order valence-corrected chi connectivity index (χ3v) is 3.04. The zero-order valence-corrected chi connectivity index (χ0v) is 10.2. The zero-order valence-electron chi connectivity index (χ0n) is 10.2. The Morgan fingerprint density at radius 3 is 3.11 bits per heavy atom. The molecular weight excluding hydrogens is 246 g/mol. The van der Waals surface area contributed by atoms with Gasteiger partial charge in [-0.05, 0) is 11.6 Å². The number of nitrogens with one attached hydrogen (secondary N) is 1. The molecule has 0 bridgehead atoms. The van der Waals surface area contributed by atoms with E-state index in [2.05, 4.69) is 15.9 Å². The van der Waals surface area contributed by atoms with Gasteiger partial charge in [-0.3, -0.25) is 4.79 Å². The monoisotopic (exact) mass is 259 g/mol. The molecule has 0 saturated carbocycles. The van der Waals surface area contributed by atoms with Crippen LogP contribution in [0, 0.1) is 0 Å².